The van der Waals surface area contributed by atoms with Crippen LogP contribution in [0.3, 0.4) is 0 Å². The van der Waals surface area contributed by atoms with Crippen LogP contribution in [-0.2, 0) is 11.2 Å². The molecule has 4 N–H and O–H groups in total. The van der Waals surface area contributed by atoms with Gasteiger partial charge in [0.05, 0.1) is 0 Å². The van der Waals surface area contributed by atoms with Crippen LogP contribution in [0.2, 0.25) is 0 Å². The van der Waals surface area contributed by atoms with Crippen LogP contribution in [0.1, 0.15) is 31.1 Å². The summed E-state index contributed by atoms with van der Waals surface area (Å²) in [6, 6.07) is 7.93. The molecule has 1 aromatic carbocycles. The average Bonchev–Trinajstić information content (AvgIpc) is 2.16. The van der Waals surface area contributed by atoms with Crippen molar-refractivity contribution in [3.63, 3.8) is 0 Å². The topological polar surface area (TPSA) is 78.3 Å². The van der Waals surface area contributed by atoms with Gasteiger partial charge in [0.25, 0.3) is 0 Å². The van der Waals surface area contributed by atoms with Crippen molar-refractivity contribution in [3.8, 4) is 0 Å². The van der Waals surface area contributed by atoms with E-state index in [1.54, 1.807) is 6.92 Å². The molecule has 1 amide bonds. The second kappa shape index (κ2) is 5.51. The number of carbonyl (C=O) groups is 1. The first-order chi connectivity index (χ1) is 7.49. The molecule has 4 nitrogen and oxygen atoms in total. The first-order valence-corrected chi connectivity index (χ1v) is 5.29. The van der Waals surface area contributed by atoms with Gasteiger partial charge in [-0.3, -0.25) is 0 Å². The van der Waals surface area contributed by atoms with Crippen molar-refractivity contribution in [1.29, 1.82) is 0 Å². The lowest BCUT2D eigenvalue weighted by Gasteiger charge is -2.13. The quantitative estimate of drug-likeness (QED) is 0.814. The van der Waals surface area contributed by atoms with Crippen LogP contribution >= 0.6 is 0 Å². The average molecular weight is 222 g/mol. The lowest BCUT2D eigenvalue weighted by molar-refractivity contribution is 0.116. The summed E-state index contributed by atoms with van der Waals surface area (Å²) in [5.41, 5.74) is 12.8. The van der Waals surface area contributed by atoms with Crippen molar-refractivity contribution >= 4 is 6.09 Å². The van der Waals surface area contributed by atoms with Gasteiger partial charge in [-0.05, 0) is 31.4 Å². The number of rotatable bonds is 4. The van der Waals surface area contributed by atoms with Gasteiger partial charge in [0.1, 0.15) is 6.10 Å². The molecule has 0 aliphatic carbocycles. The van der Waals surface area contributed by atoms with E-state index in [-0.39, 0.29) is 12.1 Å². The third kappa shape index (κ3) is 3.90. The summed E-state index contributed by atoms with van der Waals surface area (Å²) in [6.07, 6.45) is -0.285. The highest BCUT2D eigenvalue weighted by atomic mass is 16.6. The maximum atomic E-state index is 10.6. The molecule has 0 spiro atoms. The van der Waals surface area contributed by atoms with E-state index in [4.69, 9.17) is 16.2 Å². The molecule has 0 aliphatic heterocycles. The van der Waals surface area contributed by atoms with Gasteiger partial charge < -0.3 is 16.2 Å². The van der Waals surface area contributed by atoms with Gasteiger partial charge in [-0.15, -0.1) is 0 Å². The molecule has 0 bridgehead atoms. The lowest BCUT2D eigenvalue weighted by Crippen LogP contribution is -2.18. The van der Waals surface area contributed by atoms with Gasteiger partial charge in [0.15, 0.2) is 0 Å². The van der Waals surface area contributed by atoms with E-state index in [0.29, 0.717) is 0 Å². The van der Waals surface area contributed by atoms with E-state index in [2.05, 4.69) is 0 Å². The molecule has 0 saturated carbocycles. The summed E-state index contributed by atoms with van der Waals surface area (Å²) in [5.74, 6) is 0. The van der Waals surface area contributed by atoms with Gasteiger partial charge in [-0.2, -0.15) is 0 Å². The normalized spacial score (nSPS) is 14.2. The maximum Gasteiger partial charge on any atom is 0.405 e. The molecule has 0 saturated heterocycles. The first kappa shape index (κ1) is 12.5. The summed E-state index contributed by atoms with van der Waals surface area (Å²) in [7, 11) is 0. The van der Waals surface area contributed by atoms with Gasteiger partial charge >= 0.3 is 6.09 Å². The summed E-state index contributed by atoms with van der Waals surface area (Å²) in [4.78, 5) is 10.6. The highest BCUT2D eigenvalue weighted by molar-refractivity contribution is 5.65. The Kier molecular flexibility index (Phi) is 4.31. The van der Waals surface area contributed by atoms with Gasteiger partial charge in [-0.25, -0.2) is 4.79 Å². The minimum atomic E-state index is -0.759. The van der Waals surface area contributed by atoms with Crippen LogP contribution in [0.4, 0.5) is 4.79 Å². The molecule has 0 fully saturated rings. The van der Waals surface area contributed by atoms with Crippen molar-refractivity contribution < 1.29 is 9.53 Å². The van der Waals surface area contributed by atoms with E-state index in [1.807, 2.05) is 31.2 Å². The number of nitrogens with two attached hydrogens (primary N) is 2. The predicted molar refractivity (Wildman–Crippen MR) is 62.9 cm³/mol. The number of ether oxygens (including phenoxy) is 1. The van der Waals surface area contributed by atoms with E-state index in [0.717, 1.165) is 17.5 Å². The molecule has 0 heterocycles. The molecule has 0 aliphatic rings. The zero-order valence-electron chi connectivity index (χ0n) is 9.64. The number of amides is 1. The highest BCUT2D eigenvalue weighted by Gasteiger charge is 2.09. The summed E-state index contributed by atoms with van der Waals surface area (Å²) in [5, 5.41) is 0. The fourth-order valence-corrected chi connectivity index (χ4v) is 1.59. The van der Waals surface area contributed by atoms with E-state index >= 15 is 0 Å². The number of primary amides is 1. The van der Waals surface area contributed by atoms with Gasteiger partial charge in [0, 0.05) is 6.04 Å². The third-order valence-electron chi connectivity index (χ3n) is 2.27. The monoisotopic (exact) mass is 222 g/mol. The van der Waals surface area contributed by atoms with Crippen LogP contribution < -0.4 is 11.5 Å². The van der Waals surface area contributed by atoms with Crippen molar-refractivity contribution in [3.05, 3.63) is 35.4 Å². The van der Waals surface area contributed by atoms with Gasteiger partial charge in [-0.1, -0.05) is 24.3 Å². The number of hydrogen-bond acceptors (Lipinski definition) is 3. The van der Waals surface area contributed by atoms with Crippen molar-refractivity contribution in [1.82, 2.24) is 0 Å². The van der Waals surface area contributed by atoms with E-state index in [9.17, 15) is 4.79 Å². The summed E-state index contributed by atoms with van der Waals surface area (Å²) < 4.78 is 4.90. The van der Waals surface area contributed by atoms with Crippen LogP contribution in [0.5, 0.6) is 0 Å². The Morgan fingerprint density at radius 2 is 2.12 bits per heavy atom. The Balaban J connectivity index is 2.77. The Morgan fingerprint density at radius 3 is 2.69 bits per heavy atom. The second-order valence-electron chi connectivity index (χ2n) is 4.01. The van der Waals surface area contributed by atoms with Crippen LogP contribution in [-0.4, -0.2) is 12.1 Å². The SMILES string of the molecule is CC(N)Cc1cccc(C(C)OC(N)=O)c1. The zero-order valence-corrected chi connectivity index (χ0v) is 9.64. The molecule has 16 heavy (non-hydrogen) atoms. The zero-order chi connectivity index (χ0) is 12.1. The molecule has 88 valence electrons. The largest absolute Gasteiger partial charge is 0.442 e. The first-order valence-electron chi connectivity index (χ1n) is 5.29. The van der Waals surface area contributed by atoms with Crippen LogP contribution in [0, 0.1) is 0 Å². The highest BCUT2D eigenvalue weighted by Crippen LogP contribution is 2.18. The van der Waals surface area contributed by atoms with Crippen LogP contribution in [0.15, 0.2) is 24.3 Å². The Hall–Kier alpha value is -1.55. The Bertz CT molecular complexity index is 364. The third-order valence-corrected chi connectivity index (χ3v) is 2.27. The van der Waals surface area contributed by atoms with Gasteiger partial charge in [0.2, 0.25) is 0 Å². The van der Waals surface area contributed by atoms with Crippen LogP contribution in [0.25, 0.3) is 0 Å². The smallest absolute Gasteiger partial charge is 0.405 e. The standard InChI is InChI=1S/C12H18N2O2/c1-8(13)6-10-4-3-5-11(7-10)9(2)16-12(14)15/h3-5,7-9H,6,13H2,1-2H3,(H2,14,15). The van der Waals surface area contributed by atoms with Crippen molar-refractivity contribution in [2.75, 3.05) is 0 Å². The number of benzene rings is 1. The molecule has 4 heteroatoms. The second-order valence-corrected chi connectivity index (χ2v) is 4.01. The minimum absolute atomic E-state index is 0.114. The molecule has 0 aromatic heterocycles. The molecule has 0 radical (unpaired) electrons. The molecular weight excluding hydrogens is 204 g/mol. The van der Waals surface area contributed by atoms with E-state index in [1.165, 1.54) is 0 Å². The lowest BCUT2D eigenvalue weighted by atomic mass is 10.0. The molecule has 1 aromatic rings. The van der Waals surface area contributed by atoms with Crippen molar-refractivity contribution in [2.24, 2.45) is 11.5 Å². The molecule has 2 unspecified atom stereocenters. The summed E-state index contributed by atoms with van der Waals surface area (Å²) >= 11 is 0. The molecule has 1 rings (SSSR count). The summed E-state index contributed by atoms with van der Waals surface area (Å²) in [6.45, 7) is 3.74. The maximum absolute atomic E-state index is 10.6. The fourth-order valence-electron chi connectivity index (χ4n) is 1.59. The Labute approximate surface area is 95.6 Å². The Morgan fingerprint density at radius 1 is 1.44 bits per heavy atom. The molecule has 2 atom stereocenters. The number of carbonyl (C=O) groups excluding carboxylic acids is 1. The fraction of sp³-hybridized carbons (Fsp3) is 0.417. The molecular formula is C12H18N2O2. The minimum Gasteiger partial charge on any atom is -0.442 e. The van der Waals surface area contributed by atoms with E-state index < -0.39 is 6.09 Å². The number of hydrogen-bond donors (Lipinski definition) is 2. The van der Waals surface area contributed by atoms with Crippen molar-refractivity contribution in [2.45, 2.75) is 32.4 Å². The predicted octanol–water partition coefficient (Wildman–Crippen LogP) is 1.73.